The molecule has 0 aromatic carbocycles. The molecule has 1 aromatic rings. The summed E-state index contributed by atoms with van der Waals surface area (Å²) in [5.41, 5.74) is 4.71. The van der Waals surface area contributed by atoms with Crippen molar-refractivity contribution in [3.8, 4) is 0 Å². The van der Waals surface area contributed by atoms with Crippen molar-refractivity contribution in [1.82, 2.24) is 4.98 Å². The fourth-order valence-corrected chi connectivity index (χ4v) is 0.278. The Balaban J connectivity index is 0.000000148. The first-order valence-electron chi connectivity index (χ1n) is 2.29. The van der Waals surface area contributed by atoms with Crippen LogP contribution in [-0.4, -0.2) is 9.30 Å². The van der Waals surface area contributed by atoms with Gasteiger partial charge < -0.3 is 10.7 Å². The summed E-state index contributed by atoms with van der Waals surface area (Å²) in [6, 6.07) is 3.89. The number of rotatable bonds is 0. The van der Waals surface area contributed by atoms with E-state index in [0.717, 1.165) is 0 Å². The summed E-state index contributed by atoms with van der Waals surface area (Å²) in [5, 5.41) is 0. The maximum absolute atomic E-state index is 4.71. The molecule has 0 saturated heterocycles. The molecule has 50 valence electrons. The second-order valence-electron chi connectivity index (χ2n) is 1.22. The van der Waals surface area contributed by atoms with Crippen molar-refractivity contribution in [3.63, 3.8) is 0 Å². The Labute approximate surface area is 64.9 Å². The normalized spacial score (nSPS) is 7.22. The van der Waals surface area contributed by atoms with Gasteiger partial charge >= 0.3 is 0 Å². The van der Waals surface area contributed by atoms with Crippen LogP contribution in [0.3, 0.4) is 0 Å². The summed E-state index contributed by atoms with van der Waals surface area (Å²) in [4.78, 5) is 2.86. The summed E-state index contributed by atoms with van der Waals surface area (Å²) < 4.78 is 0.194. The lowest BCUT2D eigenvalue weighted by molar-refractivity contribution is 1.42. The SMILES string of the molecule is NC(=S)S.c1cc[nH]c1. The van der Waals surface area contributed by atoms with Gasteiger partial charge in [0.1, 0.15) is 4.32 Å². The van der Waals surface area contributed by atoms with Crippen LogP contribution in [0.5, 0.6) is 0 Å². The topological polar surface area (TPSA) is 41.8 Å². The molecule has 1 aromatic heterocycles. The highest BCUT2D eigenvalue weighted by molar-refractivity contribution is 8.10. The summed E-state index contributed by atoms with van der Waals surface area (Å²) in [6.07, 6.45) is 3.75. The fraction of sp³-hybridized carbons (Fsp3) is 0. The lowest BCUT2D eigenvalue weighted by Gasteiger charge is -1.64. The van der Waals surface area contributed by atoms with Gasteiger partial charge in [-0.3, -0.25) is 0 Å². The first kappa shape index (κ1) is 8.52. The Kier molecular flexibility index (Phi) is 5.35. The van der Waals surface area contributed by atoms with Crippen LogP contribution in [0.2, 0.25) is 0 Å². The number of hydrogen-bond acceptors (Lipinski definition) is 1. The summed E-state index contributed by atoms with van der Waals surface area (Å²) in [7, 11) is 0. The Morgan fingerprint density at radius 3 is 1.89 bits per heavy atom. The third-order valence-corrected chi connectivity index (χ3v) is 0.496. The molecule has 0 bridgehead atoms. The first-order chi connectivity index (χ1) is 4.23. The molecule has 0 atom stereocenters. The zero-order chi connectivity index (χ0) is 7.11. The molecule has 9 heavy (non-hydrogen) atoms. The number of nitrogens with two attached hydrogens (primary N) is 1. The average Bonchev–Trinajstić information content (AvgIpc) is 2.11. The van der Waals surface area contributed by atoms with Gasteiger partial charge in [-0.25, -0.2) is 0 Å². The quantitative estimate of drug-likeness (QED) is 0.394. The van der Waals surface area contributed by atoms with E-state index in [1.54, 1.807) is 0 Å². The van der Waals surface area contributed by atoms with Crippen LogP contribution >= 0.6 is 24.8 Å². The van der Waals surface area contributed by atoms with Gasteiger partial charge in [0.25, 0.3) is 0 Å². The predicted molar refractivity (Wildman–Crippen MR) is 46.6 cm³/mol. The van der Waals surface area contributed by atoms with Crippen LogP contribution in [0.1, 0.15) is 0 Å². The summed E-state index contributed by atoms with van der Waals surface area (Å²) in [6.45, 7) is 0. The van der Waals surface area contributed by atoms with E-state index in [4.69, 9.17) is 5.73 Å². The molecule has 1 rings (SSSR count). The minimum Gasteiger partial charge on any atom is -0.385 e. The highest BCUT2D eigenvalue weighted by atomic mass is 32.1. The number of thiol groups is 1. The van der Waals surface area contributed by atoms with Crippen LogP contribution in [0.4, 0.5) is 0 Å². The van der Waals surface area contributed by atoms with Crippen molar-refractivity contribution in [3.05, 3.63) is 24.5 Å². The highest BCUT2D eigenvalue weighted by Crippen LogP contribution is 1.72. The molecule has 3 N–H and O–H groups in total. The van der Waals surface area contributed by atoms with Crippen LogP contribution in [0.15, 0.2) is 24.5 Å². The van der Waals surface area contributed by atoms with E-state index in [1.165, 1.54) is 0 Å². The number of aromatic amines is 1. The summed E-state index contributed by atoms with van der Waals surface area (Å²) in [5.74, 6) is 0. The van der Waals surface area contributed by atoms with Crippen LogP contribution < -0.4 is 5.73 Å². The summed E-state index contributed by atoms with van der Waals surface area (Å²) >= 11 is 7.65. The number of thiocarbonyl (C=S) groups is 1. The number of H-pyrrole nitrogens is 1. The second-order valence-corrected chi connectivity index (χ2v) is 2.45. The molecule has 0 aliphatic carbocycles. The maximum Gasteiger partial charge on any atom is 0.128 e. The molecule has 2 nitrogen and oxygen atoms in total. The minimum absolute atomic E-state index is 0.194. The van der Waals surface area contributed by atoms with Gasteiger partial charge in [0.05, 0.1) is 0 Å². The number of aromatic nitrogens is 1. The molecule has 0 unspecified atom stereocenters. The molecule has 0 fully saturated rings. The Bertz CT molecular complexity index is 127. The van der Waals surface area contributed by atoms with Crippen LogP contribution in [0.25, 0.3) is 0 Å². The predicted octanol–water partition coefficient (Wildman–Crippen LogP) is 1.17. The molecular formula is C5H8N2S2. The van der Waals surface area contributed by atoms with E-state index >= 15 is 0 Å². The van der Waals surface area contributed by atoms with Crippen molar-refractivity contribution >= 4 is 29.2 Å². The molecular weight excluding hydrogens is 152 g/mol. The number of nitrogens with one attached hydrogen (secondary N) is 1. The third kappa shape index (κ3) is 11.2. The van der Waals surface area contributed by atoms with Gasteiger partial charge in [-0.1, -0.05) is 12.2 Å². The van der Waals surface area contributed by atoms with Crippen LogP contribution in [0, 0.1) is 0 Å². The lowest BCUT2D eigenvalue weighted by Crippen LogP contribution is -1.94. The standard InChI is InChI=1S/C4H5N.CH3NS2/c1-2-4-5-3-1;2-1(3)4/h1-5H;(H3,2,3,4). The van der Waals surface area contributed by atoms with Crippen molar-refractivity contribution in [1.29, 1.82) is 0 Å². The molecule has 0 aliphatic heterocycles. The molecule has 1 heterocycles. The highest BCUT2D eigenvalue weighted by Gasteiger charge is 1.56. The van der Waals surface area contributed by atoms with Crippen LogP contribution in [-0.2, 0) is 0 Å². The van der Waals surface area contributed by atoms with E-state index in [0.29, 0.717) is 0 Å². The van der Waals surface area contributed by atoms with Gasteiger partial charge in [0.2, 0.25) is 0 Å². The first-order valence-corrected chi connectivity index (χ1v) is 3.15. The fourth-order valence-electron chi connectivity index (χ4n) is 0.278. The van der Waals surface area contributed by atoms with Gasteiger partial charge in [0, 0.05) is 12.4 Å². The minimum atomic E-state index is 0.194. The van der Waals surface area contributed by atoms with Crippen molar-refractivity contribution in [2.45, 2.75) is 0 Å². The molecule has 0 amide bonds. The molecule has 0 aliphatic rings. The monoisotopic (exact) mass is 160 g/mol. The van der Waals surface area contributed by atoms with E-state index < -0.39 is 0 Å². The largest absolute Gasteiger partial charge is 0.385 e. The van der Waals surface area contributed by atoms with Gasteiger partial charge in [0.15, 0.2) is 0 Å². The zero-order valence-corrected chi connectivity index (χ0v) is 6.45. The third-order valence-electron chi connectivity index (χ3n) is 0.496. The van der Waals surface area contributed by atoms with Gasteiger partial charge in [-0.2, -0.15) is 0 Å². The Hall–Kier alpha value is -0.480. The van der Waals surface area contributed by atoms with Crippen molar-refractivity contribution in [2.24, 2.45) is 5.73 Å². The van der Waals surface area contributed by atoms with E-state index in [2.05, 4.69) is 29.8 Å². The van der Waals surface area contributed by atoms with E-state index in [9.17, 15) is 0 Å². The van der Waals surface area contributed by atoms with Gasteiger partial charge in [-0.15, -0.1) is 12.6 Å². The van der Waals surface area contributed by atoms with Gasteiger partial charge in [-0.05, 0) is 12.1 Å². The van der Waals surface area contributed by atoms with E-state index in [1.807, 2.05) is 24.5 Å². The molecule has 0 spiro atoms. The molecule has 0 saturated carbocycles. The van der Waals surface area contributed by atoms with Crippen molar-refractivity contribution < 1.29 is 0 Å². The second kappa shape index (κ2) is 5.65. The molecule has 0 radical (unpaired) electrons. The van der Waals surface area contributed by atoms with E-state index in [-0.39, 0.29) is 4.32 Å². The number of hydrogen-bond donors (Lipinski definition) is 3. The smallest absolute Gasteiger partial charge is 0.128 e. The molecule has 4 heteroatoms. The average molecular weight is 160 g/mol. The Morgan fingerprint density at radius 2 is 1.78 bits per heavy atom. The Morgan fingerprint density at radius 1 is 1.44 bits per heavy atom. The van der Waals surface area contributed by atoms with Crippen molar-refractivity contribution in [2.75, 3.05) is 0 Å². The maximum atomic E-state index is 4.71. The zero-order valence-electron chi connectivity index (χ0n) is 4.74. The lowest BCUT2D eigenvalue weighted by atomic mass is 10.7.